The lowest BCUT2D eigenvalue weighted by Crippen LogP contribution is -2.62. The minimum Gasteiger partial charge on any atom is -0.481 e. The van der Waals surface area contributed by atoms with Crippen molar-refractivity contribution in [3.63, 3.8) is 0 Å². The van der Waals surface area contributed by atoms with E-state index in [1.165, 1.54) is 13.3 Å². The van der Waals surface area contributed by atoms with Crippen molar-refractivity contribution in [2.24, 2.45) is 0 Å². The summed E-state index contributed by atoms with van der Waals surface area (Å²) in [6.07, 6.45) is 1.99. The molecule has 2 aliphatic rings. The molecule has 0 aromatic carbocycles. The highest BCUT2D eigenvalue weighted by Gasteiger charge is 2.50. The summed E-state index contributed by atoms with van der Waals surface area (Å²) in [6.45, 7) is 3.84. The highest BCUT2D eigenvalue weighted by molar-refractivity contribution is 5.94. The lowest BCUT2D eigenvalue weighted by Gasteiger charge is -2.44. The normalized spacial score (nSPS) is 24.0. The Morgan fingerprint density at radius 1 is 1.45 bits per heavy atom. The SMILES string of the molecule is CCC12COC(=O)N1CCN(C(=O)c1ccc(OC)nc1)C2. The summed E-state index contributed by atoms with van der Waals surface area (Å²) in [5, 5.41) is 0. The summed E-state index contributed by atoms with van der Waals surface area (Å²) in [5.74, 6) is 0.392. The maximum Gasteiger partial charge on any atom is 0.410 e. The average molecular weight is 305 g/mol. The third kappa shape index (κ3) is 2.26. The molecule has 1 aromatic rings. The monoisotopic (exact) mass is 305 g/mol. The van der Waals surface area contributed by atoms with E-state index in [9.17, 15) is 9.59 Å². The molecular weight excluding hydrogens is 286 g/mol. The van der Waals surface area contributed by atoms with Crippen LogP contribution in [-0.2, 0) is 4.74 Å². The predicted octanol–water partition coefficient (Wildman–Crippen LogP) is 1.15. The fraction of sp³-hybridized carbons (Fsp3) is 0.533. The second-order valence-electron chi connectivity index (χ2n) is 5.60. The Bertz CT molecular complexity index is 589. The number of carbonyl (C=O) groups is 2. The van der Waals surface area contributed by atoms with Crippen molar-refractivity contribution in [1.29, 1.82) is 0 Å². The topological polar surface area (TPSA) is 72.0 Å². The van der Waals surface area contributed by atoms with Crippen molar-refractivity contribution in [3.05, 3.63) is 23.9 Å². The molecule has 0 radical (unpaired) electrons. The number of aromatic nitrogens is 1. The van der Waals surface area contributed by atoms with Gasteiger partial charge in [-0.2, -0.15) is 0 Å². The average Bonchev–Trinajstić information content (AvgIpc) is 2.91. The first-order valence-electron chi connectivity index (χ1n) is 7.33. The summed E-state index contributed by atoms with van der Waals surface area (Å²) in [4.78, 5) is 32.0. The van der Waals surface area contributed by atoms with Crippen LogP contribution in [-0.4, -0.2) is 65.7 Å². The molecule has 3 rings (SSSR count). The molecule has 1 aromatic heterocycles. The smallest absolute Gasteiger partial charge is 0.410 e. The van der Waals surface area contributed by atoms with Gasteiger partial charge in [-0.05, 0) is 12.5 Å². The Hall–Kier alpha value is -2.31. The number of cyclic esters (lactones) is 1. The molecule has 0 spiro atoms. The first-order valence-corrected chi connectivity index (χ1v) is 7.33. The van der Waals surface area contributed by atoms with E-state index in [1.54, 1.807) is 21.9 Å². The minimum absolute atomic E-state index is 0.0815. The lowest BCUT2D eigenvalue weighted by atomic mass is 9.92. The molecule has 118 valence electrons. The van der Waals surface area contributed by atoms with Crippen LogP contribution < -0.4 is 4.74 Å². The summed E-state index contributed by atoms with van der Waals surface area (Å²) in [5.41, 5.74) is 0.121. The van der Waals surface area contributed by atoms with Crippen LogP contribution in [0.15, 0.2) is 18.3 Å². The number of methoxy groups -OCH3 is 1. The number of hydrogen-bond donors (Lipinski definition) is 0. The van der Waals surface area contributed by atoms with Gasteiger partial charge in [-0.3, -0.25) is 9.69 Å². The molecule has 0 N–H and O–H groups in total. The number of pyridine rings is 1. The predicted molar refractivity (Wildman–Crippen MR) is 77.8 cm³/mol. The van der Waals surface area contributed by atoms with Crippen LogP contribution in [0.1, 0.15) is 23.7 Å². The fourth-order valence-corrected chi connectivity index (χ4v) is 3.05. The van der Waals surface area contributed by atoms with E-state index in [4.69, 9.17) is 9.47 Å². The molecule has 1 atom stereocenters. The third-order valence-corrected chi connectivity index (χ3v) is 4.47. The highest BCUT2D eigenvalue weighted by atomic mass is 16.6. The second-order valence-corrected chi connectivity index (χ2v) is 5.60. The molecule has 22 heavy (non-hydrogen) atoms. The first kappa shape index (κ1) is 14.6. The van der Waals surface area contributed by atoms with Gasteiger partial charge in [-0.15, -0.1) is 0 Å². The maximum absolute atomic E-state index is 12.6. The van der Waals surface area contributed by atoms with Gasteiger partial charge in [0.1, 0.15) is 6.61 Å². The zero-order valence-corrected chi connectivity index (χ0v) is 12.7. The number of rotatable bonds is 3. The van der Waals surface area contributed by atoms with Crippen LogP contribution in [0.25, 0.3) is 0 Å². The Morgan fingerprint density at radius 3 is 2.91 bits per heavy atom. The van der Waals surface area contributed by atoms with E-state index in [1.807, 2.05) is 6.92 Å². The number of hydrogen-bond acceptors (Lipinski definition) is 5. The van der Waals surface area contributed by atoms with Crippen molar-refractivity contribution in [3.8, 4) is 5.88 Å². The molecule has 3 heterocycles. The maximum atomic E-state index is 12.6. The second kappa shape index (κ2) is 5.47. The number of piperazine rings is 1. The van der Waals surface area contributed by atoms with Crippen LogP contribution in [0, 0.1) is 0 Å². The van der Waals surface area contributed by atoms with Crippen LogP contribution in [0.2, 0.25) is 0 Å². The molecule has 2 amide bonds. The minimum atomic E-state index is -0.398. The number of nitrogens with zero attached hydrogens (tertiary/aromatic N) is 3. The summed E-state index contributed by atoms with van der Waals surface area (Å²) < 4.78 is 10.2. The van der Waals surface area contributed by atoms with E-state index >= 15 is 0 Å². The number of fused-ring (bicyclic) bond motifs is 1. The van der Waals surface area contributed by atoms with Crippen molar-refractivity contribution in [2.45, 2.75) is 18.9 Å². The lowest BCUT2D eigenvalue weighted by molar-refractivity contribution is 0.0361. The molecule has 0 saturated carbocycles. The molecule has 2 saturated heterocycles. The van der Waals surface area contributed by atoms with E-state index in [0.29, 0.717) is 37.7 Å². The van der Waals surface area contributed by atoms with Gasteiger partial charge < -0.3 is 14.4 Å². The molecule has 0 aliphatic carbocycles. The molecular formula is C15H19N3O4. The molecule has 7 heteroatoms. The van der Waals surface area contributed by atoms with Gasteiger partial charge >= 0.3 is 6.09 Å². The van der Waals surface area contributed by atoms with Crippen LogP contribution >= 0.6 is 0 Å². The largest absolute Gasteiger partial charge is 0.481 e. The summed E-state index contributed by atoms with van der Waals surface area (Å²) in [6, 6.07) is 3.37. The molecule has 0 bridgehead atoms. The number of carbonyl (C=O) groups excluding carboxylic acids is 2. The van der Waals surface area contributed by atoms with Crippen LogP contribution in [0.3, 0.4) is 0 Å². The van der Waals surface area contributed by atoms with E-state index in [0.717, 1.165) is 6.42 Å². The highest BCUT2D eigenvalue weighted by Crippen LogP contribution is 2.32. The van der Waals surface area contributed by atoms with Gasteiger partial charge in [0.2, 0.25) is 5.88 Å². The van der Waals surface area contributed by atoms with E-state index in [-0.39, 0.29) is 12.0 Å². The van der Waals surface area contributed by atoms with Crippen molar-refractivity contribution < 1.29 is 19.1 Å². The molecule has 1 unspecified atom stereocenters. The quantitative estimate of drug-likeness (QED) is 0.837. The zero-order valence-electron chi connectivity index (χ0n) is 12.7. The van der Waals surface area contributed by atoms with E-state index in [2.05, 4.69) is 4.98 Å². The molecule has 2 fully saturated rings. The van der Waals surface area contributed by atoms with Crippen LogP contribution in [0.5, 0.6) is 5.88 Å². The number of amides is 2. The molecule has 7 nitrogen and oxygen atoms in total. The van der Waals surface area contributed by atoms with Crippen molar-refractivity contribution in [1.82, 2.24) is 14.8 Å². The van der Waals surface area contributed by atoms with Gasteiger partial charge in [-0.1, -0.05) is 6.92 Å². The van der Waals surface area contributed by atoms with Gasteiger partial charge in [0.15, 0.2) is 0 Å². The third-order valence-electron chi connectivity index (χ3n) is 4.47. The Morgan fingerprint density at radius 2 is 2.27 bits per heavy atom. The van der Waals surface area contributed by atoms with Gasteiger partial charge in [0.05, 0.1) is 18.2 Å². The Kier molecular flexibility index (Phi) is 3.64. The standard InChI is InChI=1S/C15H19N3O4/c1-3-15-9-17(6-7-18(15)14(20)22-10-15)13(19)11-4-5-12(21-2)16-8-11/h4-5,8H,3,6-7,9-10H2,1-2H3. The summed E-state index contributed by atoms with van der Waals surface area (Å²) in [7, 11) is 1.53. The number of ether oxygens (including phenoxy) is 2. The van der Waals surface area contributed by atoms with Crippen LogP contribution in [0.4, 0.5) is 4.79 Å². The Balaban J connectivity index is 1.78. The fourth-order valence-electron chi connectivity index (χ4n) is 3.05. The van der Waals surface area contributed by atoms with Crippen molar-refractivity contribution >= 4 is 12.0 Å². The van der Waals surface area contributed by atoms with Gasteiger partial charge in [0.25, 0.3) is 5.91 Å². The first-order chi connectivity index (χ1) is 10.6. The van der Waals surface area contributed by atoms with Gasteiger partial charge in [0, 0.05) is 31.9 Å². The van der Waals surface area contributed by atoms with Gasteiger partial charge in [-0.25, -0.2) is 9.78 Å². The Labute approximate surface area is 128 Å². The zero-order chi connectivity index (χ0) is 15.7. The molecule has 2 aliphatic heterocycles. The van der Waals surface area contributed by atoms with E-state index < -0.39 is 5.54 Å². The van der Waals surface area contributed by atoms with Crippen molar-refractivity contribution in [2.75, 3.05) is 33.4 Å². The summed E-state index contributed by atoms with van der Waals surface area (Å²) >= 11 is 0.